The molecule has 18 heavy (non-hydrogen) atoms. The minimum atomic E-state index is -0.444. The first kappa shape index (κ1) is 11.6. The average Bonchev–Trinajstić information content (AvgIpc) is 3.10. The van der Waals surface area contributed by atoms with Crippen LogP contribution in [0.15, 0.2) is 24.3 Å². The molecule has 0 spiro atoms. The first-order chi connectivity index (χ1) is 8.76. The molecule has 3 rings (SSSR count). The average molecular weight is 245 g/mol. The molecule has 4 nitrogen and oxygen atoms in total. The van der Waals surface area contributed by atoms with Crippen molar-refractivity contribution in [3.63, 3.8) is 0 Å². The molecule has 0 bridgehead atoms. The van der Waals surface area contributed by atoms with Gasteiger partial charge in [-0.25, -0.2) is 0 Å². The van der Waals surface area contributed by atoms with E-state index in [9.17, 15) is 9.59 Å². The summed E-state index contributed by atoms with van der Waals surface area (Å²) >= 11 is 0. The predicted octanol–water partition coefficient (Wildman–Crippen LogP) is 0.692. The van der Waals surface area contributed by atoms with E-state index in [2.05, 4.69) is 4.90 Å². The fourth-order valence-electron chi connectivity index (χ4n) is 2.94. The molecule has 1 aromatic carbocycles. The van der Waals surface area contributed by atoms with Gasteiger partial charge in [-0.1, -0.05) is 24.3 Å². The van der Waals surface area contributed by atoms with Crippen LogP contribution < -0.4 is 0 Å². The Morgan fingerprint density at radius 3 is 2.89 bits per heavy atom. The van der Waals surface area contributed by atoms with Gasteiger partial charge in [-0.2, -0.15) is 0 Å². The lowest BCUT2D eigenvalue weighted by atomic mass is 10.0. The third-order valence-electron chi connectivity index (χ3n) is 3.97. The maximum Gasteiger partial charge on any atom is 0.216 e. The van der Waals surface area contributed by atoms with E-state index in [0.717, 1.165) is 17.5 Å². The van der Waals surface area contributed by atoms with E-state index >= 15 is 0 Å². The Balaban J connectivity index is 1.93. The molecule has 1 fully saturated rings. The number of hydrogen-bond acceptors (Lipinski definition) is 4. The highest BCUT2D eigenvalue weighted by molar-refractivity contribution is 6.27. The molecule has 94 valence electrons. The summed E-state index contributed by atoms with van der Waals surface area (Å²) in [7, 11) is 0. The van der Waals surface area contributed by atoms with Crippen LogP contribution in [-0.4, -0.2) is 34.7 Å². The highest BCUT2D eigenvalue weighted by atomic mass is 16.3. The summed E-state index contributed by atoms with van der Waals surface area (Å²) in [5.74, 6) is -0.134. The van der Waals surface area contributed by atoms with Gasteiger partial charge in [-0.15, -0.1) is 0 Å². The second kappa shape index (κ2) is 4.30. The number of rotatable bonds is 4. The van der Waals surface area contributed by atoms with Crippen LogP contribution in [0.3, 0.4) is 0 Å². The number of hydrogen-bond donors (Lipinski definition) is 1. The number of carbonyl (C=O) groups excluding carboxylic acids is 2. The predicted molar refractivity (Wildman–Crippen MR) is 64.8 cm³/mol. The fraction of sp³-hybridized carbons (Fsp3) is 0.429. The zero-order valence-corrected chi connectivity index (χ0v) is 9.95. The molecule has 1 aliphatic carbocycles. The number of nitrogens with zero attached hydrogens (tertiary/aromatic N) is 1. The monoisotopic (exact) mass is 245 g/mol. The number of benzene rings is 1. The van der Waals surface area contributed by atoms with Gasteiger partial charge < -0.3 is 5.11 Å². The van der Waals surface area contributed by atoms with Gasteiger partial charge in [0.25, 0.3) is 0 Å². The first-order valence-corrected chi connectivity index (χ1v) is 6.19. The number of Topliss-reactive ketones (excluding diaryl/α,β-unsaturated/α-hetero) is 1. The molecular weight excluding hydrogens is 230 g/mol. The molecule has 1 aromatic rings. The normalized spacial score (nSPS) is 29.9. The van der Waals surface area contributed by atoms with Gasteiger partial charge in [-0.3, -0.25) is 14.5 Å². The first-order valence-electron chi connectivity index (χ1n) is 6.19. The van der Waals surface area contributed by atoms with Gasteiger partial charge in [0.2, 0.25) is 5.78 Å². The van der Waals surface area contributed by atoms with Crippen LogP contribution in [0.25, 0.3) is 0 Å². The summed E-state index contributed by atoms with van der Waals surface area (Å²) in [5, 5.41) is 9.15. The van der Waals surface area contributed by atoms with Crippen LogP contribution in [0.5, 0.6) is 0 Å². The van der Waals surface area contributed by atoms with Crippen LogP contribution in [0, 0.1) is 5.92 Å². The summed E-state index contributed by atoms with van der Waals surface area (Å²) in [5.41, 5.74) is 2.06. The SMILES string of the molecule is O=CC(=O)C1c2ccccc2CN1C1CC1CO. The lowest BCUT2D eigenvalue weighted by Crippen LogP contribution is -2.32. The Morgan fingerprint density at radius 1 is 1.44 bits per heavy atom. The Kier molecular flexibility index (Phi) is 2.76. The Labute approximate surface area is 105 Å². The number of ketones is 1. The van der Waals surface area contributed by atoms with Crippen molar-refractivity contribution in [2.24, 2.45) is 5.92 Å². The van der Waals surface area contributed by atoms with E-state index in [1.54, 1.807) is 0 Å². The third kappa shape index (κ3) is 1.69. The van der Waals surface area contributed by atoms with Gasteiger partial charge in [0.15, 0.2) is 6.29 Å². The van der Waals surface area contributed by atoms with Crippen molar-refractivity contribution in [1.29, 1.82) is 0 Å². The zero-order valence-electron chi connectivity index (χ0n) is 9.95. The Morgan fingerprint density at radius 2 is 2.22 bits per heavy atom. The minimum Gasteiger partial charge on any atom is -0.396 e. The maximum atomic E-state index is 11.8. The number of carbonyl (C=O) groups is 2. The highest BCUT2D eigenvalue weighted by Crippen LogP contribution is 2.45. The number of aliphatic hydroxyl groups excluding tert-OH is 1. The zero-order chi connectivity index (χ0) is 12.7. The van der Waals surface area contributed by atoms with E-state index in [1.165, 1.54) is 0 Å². The highest BCUT2D eigenvalue weighted by Gasteiger charge is 2.48. The number of fused-ring (bicyclic) bond motifs is 1. The summed E-state index contributed by atoms with van der Waals surface area (Å²) in [6, 6.07) is 7.54. The van der Waals surface area contributed by atoms with Gasteiger partial charge >= 0.3 is 0 Å². The summed E-state index contributed by atoms with van der Waals surface area (Å²) in [6.45, 7) is 0.848. The second-order valence-corrected chi connectivity index (χ2v) is 5.04. The standard InChI is InChI=1S/C14H15NO3/c16-7-10-5-12(10)15-6-9-3-1-2-4-11(9)14(15)13(18)8-17/h1-4,8,10,12,14,16H,5-7H2. The van der Waals surface area contributed by atoms with Crippen LogP contribution in [0.1, 0.15) is 23.6 Å². The molecule has 1 heterocycles. The smallest absolute Gasteiger partial charge is 0.216 e. The molecule has 0 radical (unpaired) electrons. The topological polar surface area (TPSA) is 57.6 Å². The number of aldehydes is 1. The van der Waals surface area contributed by atoms with Gasteiger partial charge in [0, 0.05) is 19.2 Å². The van der Waals surface area contributed by atoms with Crippen molar-refractivity contribution < 1.29 is 14.7 Å². The lowest BCUT2D eigenvalue weighted by molar-refractivity contribution is -0.133. The van der Waals surface area contributed by atoms with Crippen LogP contribution in [-0.2, 0) is 16.1 Å². The molecule has 1 aliphatic heterocycles. The van der Waals surface area contributed by atoms with Crippen molar-refractivity contribution in [2.75, 3.05) is 6.61 Å². The van der Waals surface area contributed by atoms with Gasteiger partial charge in [-0.05, 0) is 23.5 Å². The largest absolute Gasteiger partial charge is 0.396 e. The summed E-state index contributed by atoms with van der Waals surface area (Å²) in [6.07, 6.45) is 1.32. The molecular formula is C14H15NO3. The molecule has 0 amide bonds. The lowest BCUT2D eigenvalue weighted by Gasteiger charge is -2.22. The molecule has 3 unspecified atom stereocenters. The Hall–Kier alpha value is -1.52. The molecule has 1 N–H and O–H groups in total. The number of aliphatic hydroxyl groups is 1. The van der Waals surface area contributed by atoms with Gasteiger partial charge in [0.05, 0.1) is 0 Å². The van der Waals surface area contributed by atoms with Crippen molar-refractivity contribution in [3.8, 4) is 0 Å². The van der Waals surface area contributed by atoms with Crippen molar-refractivity contribution in [3.05, 3.63) is 35.4 Å². The molecule has 1 saturated carbocycles. The van der Waals surface area contributed by atoms with Crippen molar-refractivity contribution in [2.45, 2.75) is 25.0 Å². The van der Waals surface area contributed by atoms with Crippen molar-refractivity contribution >= 4 is 12.1 Å². The van der Waals surface area contributed by atoms with Gasteiger partial charge in [0.1, 0.15) is 6.04 Å². The molecule has 0 saturated heterocycles. The van der Waals surface area contributed by atoms with Crippen LogP contribution >= 0.6 is 0 Å². The second-order valence-electron chi connectivity index (χ2n) is 5.04. The van der Waals surface area contributed by atoms with Crippen LogP contribution in [0.2, 0.25) is 0 Å². The van der Waals surface area contributed by atoms with E-state index in [4.69, 9.17) is 5.11 Å². The van der Waals surface area contributed by atoms with Crippen molar-refractivity contribution in [1.82, 2.24) is 4.90 Å². The molecule has 0 aromatic heterocycles. The molecule has 4 heteroatoms. The fourth-order valence-corrected chi connectivity index (χ4v) is 2.94. The van der Waals surface area contributed by atoms with E-state index in [1.807, 2.05) is 24.3 Å². The third-order valence-corrected chi connectivity index (χ3v) is 3.97. The molecule has 3 atom stereocenters. The molecule has 2 aliphatic rings. The minimum absolute atomic E-state index is 0.152. The van der Waals surface area contributed by atoms with E-state index < -0.39 is 6.04 Å². The van der Waals surface area contributed by atoms with Crippen LogP contribution in [0.4, 0.5) is 0 Å². The van der Waals surface area contributed by atoms with E-state index in [0.29, 0.717) is 12.8 Å². The summed E-state index contributed by atoms with van der Waals surface area (Å²) < 4.78 is 0. The Bertz CT molecular complexity index is 500. The summed E-state index contributed by atoms with van der Waals surface area (Å²) in [4.78, 5) is 24.7. The quantitative estimate of drug-likeness (QED) is 0.626. The maximum absolute atomic E-state index is 11.8. The van der Waals surface area contributed by atoms with E-state index in [-0.39, 0.29) is 24.3 Å².